The van der Waals surface area contributed by atoms with E-state index >= 15 is 0 Å². The summed E-state index contributed by atoms with van der Waals surface area (Å²) in [6.45, 7) is 2.93. The first-order valence-corrected chi connectivity index (χ1v) is 6.38. The van der Waals surface area contributed by atoms with Crippen LogP contribution in [-0.2, 0) is 9.59 Å². The first-order valence-electron chi connectivity index (χ1n) is 6.38. The fraction of sp³-hybridized carbons (Fsp3) is 0.429. The molecule has 0 spiro atoms. The van der Waals surface area contributed by atoms with Crippen molar-refractivity contribution in [3.05, 3.63) is 24.3 Å². The van der Waals surface area contributed by atoms with E-state index < -0.39 is 11.9 Å². The van der Waals surface area contributed by atoms with E-state index in [4.69, 9.17) is 9.84 Å². The summed E-state index contributed by atoms with van der Waals surface area (Å²) in [5.74, 6) is -0.913. The van der Waals surface area contributed by atoms with Gasteiger partial charge in [-0.15, -0.1) is 0 Å². The lowest BCUT2D eigenvalue weighted by molar-refractivity contribution is -0.141. The Morgan fingerprint density at radius 2 is 2.11 bits per heavy atom. The van der Waals surface area contributed by atoms with Crippen LogP contribution in [0, 0.1) is 5.92 Å². The normalized spacial score (nSPS) is 18.7. The average Bonchev–Trinajstić information content (AvgIpc) is 2.79. The standard InChI is InChI=1S/C14H17NO4/c1-2-7-19-12-5-3-11(4-6-12)15-9-10(14(17)18)8-13(15)16/h3-6,10H,2,7-9H2,1H3,(H,17,18)/t10-/m0/s1. The number of aliphatic carboxylic acids is 1. The number of hydrogen-bond acceptors (Lipinski definition) is 3. The maximum atomic E-state index is 11.8. The molecule has 0 unspecified atom stereocenters. The van der Waals surface area contributed by atoms with Gasteiger partial charge in [-0.05, 0) is 30.7 Å². The number of amides is 1. The van der Waals surface area contributed by atoms with Crippen LogP contribution in [0.3, 0.4) is 0 Å². The zero-order valence-corrected chi connectivity index (χ0v) is 10.8. The van der Waals surface area contributed by atoms with E-state index in [1.54, 1.807) is 24.3 Å². The Bertz CT molecular complexity index is 469. The van der Waals surface area contributed by atoms with Gasteiger partial charge in [-0.1, -0.05) is 6.92 Å². The number of hydrogen-bond donors (Lipinski definition) is 1. The number of benzene rings is 1. The van der Waals surface area contributed by atoms with E-state index in [0.29, 0.717) is 6.61 Å². The zero-order valence-electron chi connectivity index (χ0n) is 10.8. The molecule has 5 nitrogen and oxygen atoms in total. The number of carboxylic acids is 1. The average molecular weight is 263 g/mol. The minimum atomic E-state index is -0.918. The zero-order chi connectivity index (χ0) is 13.8. The summed E-state index contributed by atoms with van der Waals surface area (Å²) in [5, 5.41) is 8.94. The van der Waals surface area contributed by atoms with Crippen LogP contribution in [0.25, 0.3) is 0 Å². The van der Waals surface area contributed by atoms with Gasteiger partial charge in [0.1, 0.15) is 5.75 Å². The number of carbonyl (C=O) groups is 2. The highest BCUT2D eigenvalue weighted by atomic mass is 16.5. The highest BCUT2D eigenvalue weighted by molar-refractivity contribution is 5.99. The largest absolute Gasteiger partial charge is 0.494 e. The van der Waals surface area contributed by atoms with E-state index in [1.165, 1.54) is 4.90 Å². The van der Waals surface area contributed by atoms with Crippen molar-refractivity contribution in [2.75, 3.05) is 18.1 Å². The summed E-state index contributed by atoms with van der Waals surface area (Å²) < 4.78 is 5.46. The van der Waals surface area contributed by atoms with Crippen LogP contribution in [0.4, 0.5) is 5.69 Å². The van der Waals surface area contributed by atoms with Crippen molar-refractivity contribution in [2.45, 2.75) is 19.8 Å². The second-order valence-corrected chi connectivity index (χ2v) is 4.59. The summed E-state index contributed by atoms with van der Waals surface area (Å²) in [7, 11) is 0. The Morgan fingerprint density at radius 3 is 2.63 bits per heavy atom. The van der Waals surface area contributed by atoms with Crippen molar-refractivity contribution in [1.29, 1.82) is 0 Å². The van der Waals surface area contributed by atoms with Crippen molar-refractivity contribution < 1.29 is 19.4 Å². The topological polar surface area (TPSA) is 66.8 Å². The fourth-order valence-electron chi connectivity index (χ4n) is 2.06. The minimum Gasteiger partial charge on any atom is -0.494 e. The molecule has 1 aromatic carbocycles. The fourth-order valence-corrected chi connectivity index (χ4v) is 2.06. The molecule has 1 saturated heterocycles. The third kappa shape index (κ3) is 3.05. The molecule has 5 heteroatoms. The summed E-state index contributed by atoms with van der Waals surface area (Å²) in [5.41, 5.74) is 0.720. The summed E-state index contributed by atoms with van der Waals surface area (Å²) >= 11 is 0. The van der Waals surface area contributed by atoms with Crippen LogP contribution in [0.15, 0.2) is 24.3 Å². The van der Waals surface area contributed by atoms with Gasteiger partial charge in [0.15, 0.2) is 0 Å². The molecule has 102 valence electrons. The SMILES string of the molecule is CCCOc1ccc(N2C[C@@H](C(=O)O)CC2=O)cc1. The first kappa shape index (κ1) is 13.4. The molecule has 2 rings (SSSR count). The first-order chi connectivity index (χ1) is 9.11. The Kier molecular flexibility index (Phi) is 4.04. The van der Waals surface area contributed by atoms with Crippen molar-refractivity contribution in [1.82, 2.24) is 0 Å². The van der Waals surface area contributed by atoms with Crippen molar-refractivity contribution in [2.24, 2.45) is 5.92 Å². The van der Waals surface area contributed by atoms with E-state index in [0.717, 1.165) is 17.9 Å². The molecule has 1 amide bonds. The number of nitrogens with zero attached hydrogens (tertiary/aromatic N) is 1. The predicted molar refractivity (Wildman–Crippen MR) is 70.3 cm³/mol. The molecule has 0 radical (unpaired) electrons. The van der Waals surface area contributed by atoms with E-state index in [2.05, 4.69) is 0 Å². The van der Waals surface area contributed by atoms with Crippen LogP contribution >= 0.6 is 0 Å². The van der Waals surface area contributed by atoms with E-state index in [-0.39, 0.29) is 18.9 Å². The predicted octanol–water partition coefficient (Wildman–Crippen LogP) is 1.91. The van der Waals surface area contributed by atoms with Gasteiger partial charge in [0.2, 0.25) is 5.91 Å². The summed E-state index contributed by atoms with van der Waals surface area (Å²) in [6, 6.07) is 7.17. The maximum Gasteiger partial charge on any atom is 0.308 e. The molecule has 0 aromatic heterocycles. The van der Waals surface area contributed by atoms with Gasteiger partial charge in [-0.3, -0.25) is 9.59 Å². The number of carboxylic acid groups (broad SMARTS) is 1. The Balaban J connectivity index is 2.06. The lowest BCUT2D eigenvalue weighted by Crippen LogP contribution is -2.25. The molecule has 1 N–H and O–H groups in total. The number of anilines is 1. The molecule has 0 bridgehead atoms. The lowest BCUT2D eigenvalue weighted by Gasteiger charge is -2.16. The van der Waals surface area contributed by atoms with Gasteiger partial charge >= 0.3 is 5.97 Å². The molecule has 0 aliphatic carbocycles. The summed E-state index contributed by atoms with van der Waals surface area (Å²) in [6.07, 6.45) is 1.01. The third-order valence-corrected chi connectivity index (χ3v) is 3.10. The monoisotopic (exact) mass is 263 g/mol. The van der Waals surface area contributed by atoms with Gasteiger partial charge in [-0.2, -0.15) is 0 Å². The van der Waals surface area contributed by atoms with Crippen LogP contribution in [0.1, 0.15) is 19.8 Å². The lowest BCUT2D eigenvalue weighted by atomic mass is 10.1. The van der Waals surface area contributed by atoms with Crippen LogP contribution in [0.2, 0.25) is 0 Å². The van der Waals surface area contributed by atoms with Crippen molar-refractivity contribution in [3.8, 4) is 5.75 Å². The Morgan fingerprint density at radius 1 is 1.42 bits per heavy atom. The van der Waals surface area contributed by atoms with E-state index in [1.807, 2.05) is 6.92 Å². The molecule has 0 saturated carbocycles. The smallest absolute Gasteiger partial charge is 0.308 e. The number of rotatable bonds is 5. The van der Waals surface area contributed by atoms with Crippen LogP contribution in [-0.4, -0.2) is 30.1 Å². The maximum absolute atomic E-state index is 11.8. The van der Waals surface area contributed by atoms with Crippen molar-refractivity contribution in [3.63, 3.8) is 0 Å². The van der Waals surface area contributed by atoms with E-state index in [9.17, 15) is 9.59 Å². The van der Waals surface area contributed by atoms with Gasteiger partial charge in [0, 0.05) is 18.7 Å². The Hall–Kier alpha value is -2.04. The van der Waals surface area contributed by atoms with Gasteiger partial charge in [0.05, 0.1) is 12.5 Å². The van der Waals surface area contributed by atoms with Gasteiger partial charge < -0.3 is 14.7 Å². The molecule has 19 heavy (non-hydrogen) atoms. The highest BCUT2D eigenvalue weighted by Gasteiger charge is 2.34. The molecule has 1 fully saturated rings. The van der Waals surface area contributed by atoms with Crippen LogP contribution < -0.4 is 9.64 Å². The molecule has 1 aliphatic rings. The summed E-state index contributed by atoms with van der Waals surface area (Å²) in [4.78, 5) is 24.2. The molecular weight excluding hydrogens is 246 g/mol. The second kappa shape index (κ2) is 5.73. The molecule has 1 heterocycles. The van der Waals surface area contributed by atoms with Gasteiger partial charge in [0.25, 0.3) is 0 Å². The second-order valence-electron chi connectivity index (χ2n) is 4.59. The minimum absolute atomic E-state index is 0.0728. The van der Waals surface area contributed by atoms with Gasteiger partial charge in [-0.25, -0.2) is 0 Å². The third-order valence-electron chi connectivity index (χ3n) is 3.10. The van der Waals surface area contributed by atoms with Crippen LogP contribution in [0.5, 0.6) is 5.75 Å². The molecule has 1 atom stereocenters. The molecule has 1 aliphatic heterocycles. The number of ether oxygens (including phenoxy) is 1. The number of carbonyl (C=O) groups excluding carboxylic acids is 1. The van der Waals surface area contributed by atoms with Crippen molar-refractivity contribution >= 4 is 17.6 Å². The quantitative estimate of drug-likeness (QED) is 0.881. The molecule has 1 aromatic rings. The Labute approximate surface area is 111 Å². The highest BCUT2D eigenvalue weighted by Crippen LogP contribution is 2.26. The molecular formula is C14H17NO4.